The van der Waals surface area contributed by atoms with Crippen LogP contribution in [-0.2, 0) is 0 Å². The lowest BCUT2D eigenvalue weighted by Gasteiger charge is -2.00. The smallest absolute Gasteiger partial charge is 0.257 e. The van der Waals surface area contributed by atoms with E-state index >= 15 is 0 Å². The van der Waals surface area contributed by atoms with Crippen LogP contribution < -0.4 is 5.32 Å². The molecule has 0 atom stereocenters. The lowest BCUT2D eigenvalue weighted by atomic mass is 10.2. The van der Waals surface area contributed by atoms with Gasteiger partial charge in [-0.15, -0.1) is 11.3 Å². The molecule has 0 radical (unpaired) electrons. The minimum atomic E-state index is -0.0951. The summed E-state index contributed by atoms with van der Waals surface area (Å²) < 4.78 is 0. The van der Waals surface area contributed by atoms with E-state index in [1.165, 1.54) is 24.2 Å². The first-order valence-corrected chi connectivity index (χ1v) is 6.53. The molecule has 0 spiro atoms. The van der Waals surface area contributed by atoms with Crippen LogP contribution in [0.25, 0.3) is 0 Å². The fourth-order valence-corrected chi connectivity index (χ4v) is 2.46. The van der Waals surface area contributed by atoms with Crippen LogP contribution >= 0.6 is 11.3 Å². The molecule has 86 valence electrons. The third-order valence-electron chi connectivity index (χ3n) is 2.77. The molecule has 0 unspecified atom stereocenters. The summed E-state index contributed by atoms with van der Waals surface area (Å²) in [6.45, 7) is 0. The number of hydrogen-bond donors (Lipinski definition) is 1. The summed E-state index contributed by atoms with van der Waals surface area (Å²) in [5.41, 5.74) is 1.79. The fraction of sp³-hybridized carbons (Fsp3) is 0.231. The number of thiazole rings is 1. The van der Waals surface area contributed by atoms with Gasteiger partial charge in [-0.2, -0.15) is 0 Å². The van der Waals surface area contributed by atoms with Crippen molar-refractivity contribution >= 4 is 22.4 Å². The maximum absolute atomic E-state index is 11.9. The second kappa shape index (κ2) is 4.30. The van der Waals surface area contributed by atoms with Gasteiger partial charge in [0.1, 0.15) is 0 Å². The molecule has 1 N–H and O–H groups in total. The number of amides is 1. The quantitative estimate of drug-likeness (QED) is 0.900. The van der Waals surface area contributed by atoms with Crippen LogP contribution in [0, 0.1) is 0 Å². The first-order valence-electron chi connectivity index (χ1n) is 5.65. The van der Waals surface area contributed by atoms with Gasteiger partial charge in [0.25, 0.3) is 5.91 Å². The first-order chi connectivity index (χ1) is 8.33. The van der Waals surface area contributed by atoms with Crippen LogP contribution in [0.15, 0.2) is 35.7 Å². The van der Waals surface area contributed by atoms with E-state index in [1.807, 2.05) is 23.6 Å². The number of carbonyl (C=O) groups excluding carboxylic acids is 1. The Hall–Kier alpha value is -1.68. The largest absolute Gasteiger partial charge is 0.298 e. The minimum Gasteiger partial charge on any atom is -0.298 e. The highest BCUT2D eigenvalue weighted by atomic mass is 32.1. The van der Waals surface area contributed by atoms with Crippen molar-refractivity contribution in [3.8, 4) is 0 Å². The van der Waals surface area contributed by atoms with Crippen LogP contribution in [0.2, 0.25) is 0 Å². The lowest BCUT2D eigenvalue weighted by Crippen LogP contribution is -2.11. The topological polar surface area (TPSA) is 42.0 Å². The number of benzene rings is 1. The van der Waals surface area contributed by atoms with Crippen molar-refractivity contribution in [1.82, 2.24) is 4.98 Å². The van der Waals surface area contributed by atoms with Gasteiger partial charge in [-0.25, -0.2) is 4.98 Å². The molecule has 0 aliphatic heterocycles. The van der Waals surface area contributed by atoms with Crippen LogP contribution in [0.5, 0.6) is 0 Å². The highest BCUT2D eigenvalue weighted by Gasteiger charge is 2.26. The summed E-state index contributed by atoms with van der Waals surface area (Å²) in [6, 6.07) is 9.19. The molecule has 4 heteroatoms. The van der Waals surface area contributed by atoms with Gasteiger partial charge in [0.05, 0.1) is 5.69 Å². The van der Waals surface area contributed by atoms with Crippen LogP contribution in [0.4, 0.5) is 5.13 Å². The van der Waals surface area contributed by atoms with Crippen molar-refractivity contribution in [3.05, 3.63) is 47.0 Å². The predicted molar refractivity (Wildman–Crippen MR) is 68.5 cm³/mol. The molecule has 3 nitrogen and oxygen atoms in total. The Labute approximate surface area is 104 Å². The Balaban J connectivity index is 1.71. The van der Waals surface area contributed by atoms with Gasteiger partial charge in [-0.3, -0.25) is 10.1 Å². The average molecular weight is 244 g/mol. The monoisotopic (exact) mass is 244 g/mol. The van der Waals surface area contributed by atoms with Gasteiger partial charge < -0.3 is 0 Å². The van der Waals surface area contributed by atoms with Crippen molar-refractivity contribution < 1.29 is 4.79 Å². The molecule has 1 aliphatic rings. The molecule has 1 fully saturated rings. The number of aromatic nitrogens is 1. The second-order valence-corrected chi connectivity index (χ2v) is 5.03. The SMILES string of the molecule is O=C(Nc1nc(C2CC2)cs1)c1ccccc1. The average Bonchev–Trinajstić information content (AvgIpc) is 3.12. The standard InChI is InChI=1S/C13H12N2OS/c16-12(10-4-2-1-3-5-10)15-13-14-11(8-17-13)9-6-7-9/h1-5,8-9H,6-7H2,(H,14,15,16). The normalized spacial score (nSPS) is 14.6. The number of nitrogens with zero attached hydrogens (tertiary/aromatic N) is 1. The Kier molecular flexibility index (Phi) is 2.65. The predicted octanol–water partition coefficient (Wildman–Crippen LogP) is 3.27. The highest BCUT2D eigenvalue weighted by Crippen LogP contribution is 2.40. The van der Waals surface area contributed by atoms with Gasteiger partial charge in [-0.1, -0.05) is 18.2 Å². The van der Waals surface area contributed by atoms with E-state index in [2.05, 4.69) is 10.3 Å². The molecule has 17 heavy (non-hydrogen) atoms. The zero-order chi connectivity index (χ0) is 11.7. The minimum absolute atomic E-state index is 0.0951. The van der Waals surface area contributed by atoms with E-state index in [1.54, 1.807) is 12.1 Å². The maximum Gasteiger partial charge on any atom is 0.257 e. The van der Waals surface area contributed by atoms with Crippen LogP contribution in [0.1, 0.15) is 34.8 Å². The summed E-state index contributed by atoms with van der Waals surface area (Å²) in [5, 5.41) is 5.56. The molecule has 2 aromatic rings. The highest BCUT2D eigenvalue weighted by molar-refractivity contribution is 7.14. The van der Waals surface area contributed by atoms with E-state index in [9.17, 15) is 4.79 Å². The van der Waals surface area contributed by atoms with E-state index in [0.717, 1.165) is 5.69 Å². The zero-order valence-corrected chi connectivity index (χ0v) is 10.0. The first kappa shape index (κ1) is 10.5. The molecule has 1 heterocycles. The zero-order valence-electron chi connectivity index (χ0n) is 9.22. The molecule has 3 rings (SSSR count). The second-order valence-electron chi connectivity index (χ2n) is 4.17. The van der Waals surface area contributed by atoms with Gasteiger partial charge >= 0.3 is 0 Å². The Morgan fingerprint density at radius 1 is 1.29 bits per heavy atom. The molecule has 0 saturated heterocycles. The van der Waals surface area contributed by atoms with Crippen LogP contribution in [0.3, 0.4) is 0 Å². The van der Waals surface area contributed by atoms with Gasteiger partial charge in [0.2, 0.25) is 0 Å². The Morgan fingerprint density at radius 2 is 2.06 bits per heavy atom. The van der Waals surface area contributed by atoms with Gasteiger partial charge in [0, 0.05) is 16.9 Å². The number of hydrogen-bond acceptors (Lipinski definition) is 3. The van der Waals surface area contributed by atoms with Crippen molar-refractivity contribution in [3.63, 3.8) is 0 Å². The van der Waals surface area contributed by atoms with Gasteiger partial charge in [-0.05, 0) is 25.0 Å². The van der Waals surface area contributed by atoms with Crippen molar-refractivity contribution in [2.45, 2.75) is 18.8 Å². The summed E-state index contributed by atoms with van der Waals surface area (Å²) >= 11 is 1.50. The van der Waals surface area contributed by atoms with E-state index < -0.39 is 0 Å². The number of rotatable bonds is 3. The number of nitrogens with one attached hydrogen (secondary N) is 1. The lowest BCUT2D eigenvalue weighted by molar-refractivity contribution is 0.102. The summed E-state index contributed by atoms with van der Waals surface area (Å²) in [4.78, 5) is 16.3. The number of carbonyl (C=O) groups is 1. The van der Waals surface area contributed by atoms with Crippen molar-refractivity contribution in [2.24, 2.45) is 0 Å². The van der Waals surface area contributed by atoms with E-state index in [0.29, 0.717) is 16.6 Å². The third kappa shape index (κ3) is 2.36. The molecular formula is C13H12N2OS. The molecule has 1 aliphatic carbocycles. The number of anilines is 1. The van der Waals surface area contributed by atoms with E-state index in [4.69, 9.17) is 0 Å². The summed E-state index contributed by atoms with van der Waals surface area (Å²) in [6.07, 6.45) is 2.46. The fourth-order valence-electron chi connectivity index (χ4n) is 1.67. The molecule has 0 bridgehead atoms. The summed E-state index contributed by atoms with van der Waals surface area (Å²) in [7, 11) is 0. The third-order valence-corrected chi connectivity index (χ3v) is 3.55. The Bertz CT molecular complexity index is 531. The molecular weight excluding hydrogens is 232 g/mol. The maximum atomic E-state index is 11.9. The van der Waals surface area contributed by atoms with E-state index in [-0.39, 0.29) is 5.91 Å². The van der Waals surface area contributed by atoms with Crippen LogP contribution in [-0.4, -0.2) is 10.9 Å². The molecule has 1 aromatic carbocycles. The van der Waals surface area contributed by atoms with Crippen molar-refractivity contribution in [2.75, 3.05) is 5.32 Å². The van der Waals surface area contributed by atoms with Crippen molar-refractivity contribution in [1.29, 1.82) is 0 Å². The molecule has 1 saturated carbocycles. The molecule has 1 amide bonds. The van der Waals surface area contributed by atoms with Gasteiger partial charge in [0.15, 0.2) is 5.13 Å². The summed E-state index contributed by atoms with van der Waals surface area (Å²) in [5.74, 6) is 0.538. The molecule has 1 aromatic heterocycles. The Morgan fingerprint density at radius 3 is 2.76 bits per heavy atom.